The lowest BCUT2D eigenvalue weighted by Gasteiger charge is -2.42. The topological polar surface area (TPSA) is 87.5 Å². The molecule has 2 aliphatic heterocycles. The van der Waals surface area contributed by atoms with Crippen molar-refractivity contribution in [2.45, 2.75) is 45.4 Å². The van der Waals surface area contributed by atoms with Gasteiger partial charge >= 0.3 is 0 Å². The normalized spacial score (nSPS) is 28.3. The third-order valence-electron chi connectivity index (χ3n) is 6.50. The molecule has 3 fully saturated rings. The molecule has 0 aromatic carbocycles. The number of fused-ring (bicyclic) bond motifs is 1. The molecule has 7 nitrogen and oxygen atoms in total. The van der Waals surface area contributed by atoms with Crippen molar-refractivity contribution >= 4 is 30.0 Å². The van der Waals surface area contributed by atoms with E-state index in [0.29, 0.717) is 49.3 Å². The van der Waals surface area contributed by atoms with Crippen LogP contribution in [0.1, 0.15) is 44.3 Å². The molecule has 2 amide bonds. The first-order valence-electron chi connectivity index (χ1n) is 9.83. The van der Waals surface area contributed by atoms with E-state index in [2.05, 4.69) is 15.8 Å². The van der Waals surface area contributed by atoms with Crippen LogP contribution in [0.4, 0.5) is 5.82 Å². The molecule has 2 N–H and O–H groups in total. The SMILES string of the molecule is Cc1cc(NC(=O)C2CCN(C(=O)[C@@]34CCCC[C@H]3CNC4)CC2)no1.Cl. The molecule has 8 heteroatoms. The number of hydrogen-bond donors (Lipinski definition) is 2. The lowest BCUT2D eigenvalue weighted by Crippen LogP contribution is -2.52. The van der Waals surface area contributed by atoms with Gasteiger partial charge in [0.25, 0.3) is 0 Å². The lowest BCUT2D eigenvalue weighted by atomic mass is 9.67. The van der Waals surface area contributed by atoms with Gasteiger partial charge in [0.2, 0.25) is 11.8 Å². The van der Waals surface area contributed by atoms with Crippen LogP contribution in [0.3, 0.4) is 0 Å². The van der Waals surface area contributed by atoms with Crippen LogP contribution in [0, 0.1) is 24.2 Å². The predicted molar refractivity (Wildman–Crippen MR) is 104 cm³/mol. The van der Waals surface area contributed by atoms with Gasteiger partial charge in [-0.25, -0.2) is 0 Å². The van der Waals surface area contributed by atoms with Crippen LogP contribution in [-0.2, 0) is 9.59 Å². The van der Waals surface area contributed by atoms with E-state index in [0.717, 1.165) is 32.4 Å². The van der Waals surface area contributed by atoms with Crippen LogP contribution >= 0.6 is 12.4 Å². The van der Waals surface area contributed by atoms with Crippen LogP contribution in [0.2, 0.25) is 0 Å². The Morgan fingerprint density at radius 3 is 2.78 bits per heavy atom. The summed E-state index contributed by atoms with van der Waals surface area (Å²) in [6.45, 7) is 4.93. The van der Waals surface area contributed by atoms with Gasteiger partial charge in [-0.2, -0.15) is 0 Å². The maximum atomic E-state index is 13.3. The van der Waals surface area contributed by atoms with Crippen molar-refractivity contribution < 1.29 is 14.1 Å². The number of aromatic nitrogens is 1. The number of rotatable bonds is 3. The first-order chi connectivity index (χ1) is 12.6. The van der Waals surface area contributed by atoms with Crippen LogP contribution in [0.15, 0.2) is 10.6 Å². The van der Waals surface area contributed by atoms with Crippen LogP contribution in [0.25, 0.3) is 0 Å². The molecule has 2 saturated heterocycles. The van der Waals surface area contributed by atoms with Gasteiger partial charge < -0.3 is 20.1 Å². The van der Waals surface area contributed by atoms with Crippen molar-refractivity contribution in [2.24, 2.45) is 17.3 Å². The van der Waals surface area contributed by atoms with Crippen LogP contribution in [0.5, 0.6) is 0 Å². The zero-order chi connectivity index (χ0) is 18.1. The number of nitrogens with zero attached hydrogens (tertiary/aromatic N) is 2. The van der Waals surface area contributed by atoms with Crippen LogP contribution in [-0.4, -0.2) is 48.0 Å². The van der Waals surface area contributed by atoms with Crippen molar-refractivity contribution in [1.82, 2.24) is 15.4 Å². The van der Waals surface area contributed by atoms with Gasteiger partial charge in [-0.05, 0) is 45.1 Å². The Morgan fingerprint density at radius 1 is 1.30 bits per heavy atom. The minimum Gasteiger partial charge on any atom is -0.360 e. The molecule has 0 bridgehead atoms. The highest BCUT2D eigenvalue weighted by Crippen LogP contribution is 2.45. The Hall–Kier alpha value is -1.60. The second-order valence-corrected chi connectivity index (χ2v) is 8.11. The largest absolute Gasteiger partial charge is 0.360 e. The van der Waals surface area contributed by atoms with E-state index in [1.807, 2.05) is 4.90 Å². The van der Waals surface area contributed by atoms with E-state index < -0.39 is 0 Å². The number of anilines is 1. The summed E-state index contributed by atoms with van der Waals surface area (Å²) < 4.78 is 4.98. The number of carbonyl (C=O) groups is 2. The molecule has 2 atom stereocenters. The Bertz CT molecular complexity index is 686. The van der Waals surface area contributed by atoms with E-state index in [9.17, 15) is 9.59 Å². The number of carbonyl (C=O) groups excluding carboxylic acids is 2. The molecular formula is C19H29ClN4O3. The Balaban J connectivity index is 0.00000210. The summed E-state index contributed by atoms with van der Waals surface area (Å²) >= 11 is 0. The highest BCUT2D eigenvalue weighted by molar-refractivity contribution is 5.92. The fourth-order valence-corrected chi connectivity index (χ4v) is 4.98. The molecule has 3 heterocycles. The molecule has 0 radical (unpaired) electrons. The van der Waals surface area contributed by atoms with Crippen molar-refractivity contribution in [2.75, 3.05) is 31.5 Å². The molecule has 27 heavy (non-hydrogen) atoms. The molecule has 1 saturated carbocycles. The van der Waals surface area contributed by atoms with Gasteiger partial charge in [0.15, 0.2) is 5.82 Å². The summed E-state index contributed by atoms with van der Waals surface area (Å²) in [6, 6.07) is 1.71. The van der Waals surface area contributed by atoms with E-state index in [-0.39, 0.29) is 29.6 Å². The molecule has 150 valence electrons. The average molecular weight is 397 g/mol. The van der Waals surface area contributed by atoms with Gasteiger partial charge in [-0.1, -0.05) is 18.0 Å². The fourth-order valence-electron chi connectivity index (χ4n) is 4.98. The second-order valence-electron chi connectivity index (χ2n) is 8.11. The highest BCUT2D eigenvalue weighted by atomic mass is 35.5. The van der Waals surface area contributed by atoms with Gasteiger partial charge in [0, 0.05) is 31.6 Å². The summed E-state index contributed by atoms with van der Waals surface area (Å²) in [4.78, 5) is 27.7. The minimum absolute atomic E-state index is 0. The molecule has 1 aromatic heterocycles. The number of nitrogens with one attached hydrogen (secondary N) is 2. The Kier molecular flexibility index (Phi) is 6.11. The second kappa shape index (κ2) is 8.19. The molecule has 3 aliphatic rings. The minimum atomic E-state index is -0.189. The fraction of sp³-hybridized carbons (Fsp3) is 0.737. The summed E-state index contributed by atoms with van der Waals surface area (Å²) in [5, 5.41) is 10.1. The van der Waals surface area contributed by atoms with Crippen molar-refractivity contribution in [1.29, 1.82) is 0 Å². The standard InChI is InChI=1S/C19H28N4O3.ClH/c1-13-10-16(22-26-13)21-17(24)14-5-8-23(9-6-14)18(25)19-7-3-2-4-15(19)11-20-12-19;/h10,14-15,20H,2-9,11-12H2,1H3,(H,21,22,24);1H/t15-,19+;/m0./s1. The average Bonchev–Trinajstić information content (AvgIpc) is 3.27. The maximum Gasteiger partial charge on any atom is 0.230 e. The zero-order valence-corrected chi connectivity index (χ0v) is 16.6. The first-order valence-corrected chi connectivity index (χ1v) is 9.83. The van der Waals surface area contributed by atoms with Gasteiger partial charge in [0.05, 0.1) is 5.41 Å². The Morgan fingerprint density at radius 2 is 2.07 bits per heavy atom. The van der Waals surface area contributed by atoms with Crippen molar-refractivity contribution in [3.05, 3.63) is 11.8 Å². The number of halogens is 1. The van der Waals surface area contributed by atoms with Gasteiger partial charge in [-0.15, -0.1) is 12.4 Å². The lowest BCUT2D eigenvalue weighted by molar-refractivity contribution is -0.147. The number of aryl methyl sites for hydroxylation is 1. The summed E-state index contributed by atoms with van der Waals surface area (Å²) in [6.07, 6.45) is 5.99. The van der Waals surface area contributed by atoms with Gasteiger partial charge in [-0.3, -0.25) is 9.59 Å². The summed E-state index contributed by atoms with van der Waals surface area (Å²) in [5.74, 6) is 1.84. The number of amides is 2. The number of piperidine rings is 1. The van der Waals surface area contributed by atoms with Crippen molar-refractivity contribution in [3.63, 3.8) is 0 Å². The van der Waals surface area contributed by atoms with Crippen LogP contribution < -0.4 is 10.6 Å². The number of likely N-dealkylation sites (tertiary alicyclic amines) is 1. The van der Waals surface area contributed by atoms with E-state index in [4.69, 9.17) is 4.52 Å². The molecule has 0 spiro atoms. The third kappa shape index (κ3) is 3.85. The van der Waals surface area contributed by atoms with E-state index in [1.165, 1.54) is 6.42 Å². The molecule has 1 aromatic rings. The first kappa shape index (κ1) is 20.1. The molecule has 0 unspecified atom stereocenters. The predicted octanol–water partition coefficient (Wildman–Crippen LogP) is 2.36. The maximum absolute atomic E-state index is 13.3. The number of hydrogen-bond acceptors (Lipinski definition) is 5. The summed E-state index contributed by atoms with van der Waals surface area (Å²) in [7, 11) is 0. The van der Waals surface area contributed by atoms with Crippen molar-refractivity contribution in [3.8, 4) is 0 Å². The third-order valence-corrected chi connectivity index (χ3v) is 6.50. The molecule has 4 rings (SSSR count). The monoisotopic (exact) mass is 396 g/mol. The van der Waals surface area contributed by atoms with Gasteiger partial charge in [0.1, 0.15) is 5.76 Å². The molecular weight excluding hydrogens is 368 g/mol. The Labute approximate surface area is 166 Å². The quantitative estimate of drug-likeness (QED) is 0.818. The van der Waals surface area contributed by atoms with E-state index in [1.54, 1.807) is 13.0 Å². The van der Waals surface area contributed by atoms with E-state index >= 15 is 0 Å². The zero-order valence-electron chi connectivity index (χ0n) is 15.8. The highest BCUT2D eigenvalue weighted by Gasteiger charge is 2.51. The summed E-state index contributed by atoms with van der Waals surface area (Å²) in [5.41, 5.74) is -0.189. The molecule has 1 aliphatic carbocycles. The smallest absolute Gasteiger partial charge is 0.230 e.